The smallest absolute Gasteiger partial charge is 0.340 e. The van der Waals surface area contributed by atoms with Crippen LogP contribution in [0.5, 0.6) is 5.88 Å². The van der Waals surface area contributed by atoms with E-state index in [2.05, 4.69) is 25.8 Å². The first-order valence-electron chi connectivity index (χ1n) is 23.4. The zero-order chi connectivity index (χ0) is 52.7. The van der Waals surface area contributed by atoms with Gasteiger partial charge in [0.1, 0.15) is 35.2 Å². The predicted octanol–water partition coefficient (Wildman–Crippen LogP) is 10.3. The lowest BCUT2D eigenvalue weighted by atomic mass is 10.0. The third kappa shape index (κ3) is 14.7. The second-order valence-corrected chi connectivity index (χ2v) is 16.0. The lowest BCUT2D eigenvalue weighted by Gasteiger charge is -2.15. The van der Waals surface area contributed by atoms with E-state index >= 15 is 0 Å². The van der Waals surface area contributed by atoms with Crippen molar-refractivity contribution >= 4 is 58.8 Å². The number of aromatic nitrogens is 1. The molecule has 1 unspecified atom stereocenters. The molecule has 0 fully saturated rings. The molecule has 0 radical (unpaired) electrons. The monoisotopic (exact) mass is 984 g/mol. The maximum absolute atomic E-state index is 14.1. The van der Waals surface area contributed by atoms with E-state index in [9.17, 15) is 49.2 Å². The number of azo groups is 2. The lowest BCUT2D eigenvalue weighted by Crippen LogP contribution is -2.23. The number of esters is 4. The van der Waals surface area contributed by atoms with E-state index in [1.165, 1.54) is 74.5 Å². The number of anilines is 1. The normalized spacial score (nSPS) is 11.8. The van der Waals surface area contributed by atoms with Crippen molar-refractivity contribution in [2.24, 2.45) is 26.4 Å². The summed E-state index contributed by atoms with van der Waals surface area (Å²) in [6.07, 6.45) is 5.69. The Kier molecular flexibility index (Phi) is 21.9. The molecule has 3 aromatic carbocycles. The zero-order valence-corrected chi connectivity index (χ0v) is 41.0. The number of nitrogens with zero attached hydrogens (tertiary/aromatic N) is 7. The number of carbonyl (C=O) groups excluding carboxylic acids is 6. The Morgan fingerprint density at radius 3 is 1.69 bits per heavy atom. The summed E-state index contributed by atoms with van der Waals surface area (Å²) < 4.78 is 22.2. The fourth-order valence-corrected chi connectivity index (χ4v) is 6.44. The van der Waals surface area contributed by atoms with E-state index in [-0.39, 0.29) is 94.5 Å². The molecule has 4 rings (SSSR count). The van der Waals surface area contributed by atoms with Crippen LogP contribution in [0, 0.1) is 35.5 Å². The standard InChI is InChI=1S/C52H56N8O12/c1-7-11-22-69-49(65)34-18-20-39(51(67)71-24-13-9-3)42(26-34)56-58-44(32(5)36(29-53)31-61)46(62)55-37-16-15-17-38(28-37)60-47(63)41(30-54)33(6)45(48(60)64)59-57-43-27-35(50(66)70-23-12-8-2)19-21-40(43)52(68)72-25-14-10-4/h15-21,26-28,31,36,64H,7-14,22-25H2,1-6H3,(H,55,62)/b44-32+,58-56?,59-57?. The van der Waals surface area contributed by atoms with Crippen molar-refractivity contribution in [1.29, 1.82) is 10.5 Å². The fourth-order valence-electron chi connectivity index (χ4n) is 6.44. The van der Waals surface area contributed by atoms with Gasteiger partial charge in [-0.3, -0.25) is 9.59 Å². The van der Waals surface area contributed by atoms with Crippen molar-refractivity contribution in [3.05, 3.63) is 116 Å². The van der Waals surface area contributed by atoms with Gasteiger partial charge in [0.05, 0.1) is 60.4 Å². The third-order valence-electron chi connectivity index (χ3n) is 10.7. The quantitative estimate of drug-likeness (QED) is 0.0156. The number of hydrogen-bond acceptors (Lipinski definition) is 18. The van der Waals surface area contributed by atoms with Crippen LogP contribution < -0.4 is 10.9 Å². The van der Waals surface area contributed by atoms with E-state index in [1.54, 1.807) is 6.07 Å². The minimum Gasteiger partial charge on any atom is -0.493 e. The number of aromatic hydroxyl groups is 1. The number of amides is 1. The van der Waals surface area contributed by atoms with Gasteiger partial charge in [-0.05, 0) is 99.7 Å². The summed E-state index contributed by atoms with van der Waals surface area (Å²) in [7, 11) is 0. The maximum Gasteiger partial charge on any atom is 0.340 e. The van der Waals surface area contributed by atoms with Gasteiger partial charge in [0.25, 0.3) is 11.5 Å². The molecule has 20 heteroatoms. The number of ether oxygens (including phenoxy) is 4. The molecule has 0 bridgehead atoms. The Bertz CT molecular complexity index is 2910. The number of hydrogen-bond donors (Lipinski definition) is 2. The Morgan fingerprint density at radius 1 is 0.722 bits per heavy atom. The first-order chi connectivity index (χ1) is 34.7. The van der Waals surface area contributed by atoms with Crippen molar-refractivity contribution in [3.8, 4) is 23.7 Å². The van der Waals surface area contributed by atoms with E-state index in [0.717, 1.165) is 30.3 Å². The number of nitrogens with one attached hydrogen (secondary N) is 1. The molecule has 0 aliphatic carbocycles. The summed E-state index contributed by atoms with van der Waals surface area (Å²) in [4.78, 5) is 92.2. The number of rotatable bonds is 25. The molecule has 1 amide bonds. The summed E-state index contributed by atoms with van der Waals surface area (Å²) >= 11 is 0. The van der Waals surface area contributed by atoms with Gasteiger partial charge in [0.15, 0.2) is 11.4 Å². The molecule has 0 spiro atoms. The Labute approximate surface area is 416 Å². The minimum atomic E-state index is -1.49. The van der Waals surface area contributed by atoms with Crippen LogP contribution in [0.1, 0.15) is 139 Å². The molecule has 0 saturated carbocycles. The number of pyridine rings is 1. The average Bonchev–Trinajstić information content (AvgIpc) is 3.37. The molecule has 0 saturated heterocycles. The van der Waals surface area contributed by atoms with Gasteiger partial charge >= 0.3 is 23.9 Å². The van der Waals surface area contributed by atoms with Crippen molar-refractivity contribution in [2.75, 3.05) is 31.7 Å². The molecule has 1 atom stereocenters. The number of allylic oxidation sites excluding steroid dienone is 1. The summed E-state index contributed by atoms with van der Waals surface area (Å²) in [6.45, 7) is 10.8. The van der Waals surface area contributed by atoms with Crippen LogP contribution in [-0.2, 0) is 28.5 Å². The molecule has 2 N–H and O–H groups in total. The molecule has 4 aromatic rings. The van der Waals surface area contributed by atoms with Crippen LogP contribution in [0.4, 0.5) is 22.7 Å². The zero-order valence-electron chi connectivity index (χ0n) is 41.0. The predicted molar refractivity (Wildman–Crippen MR) is 262 cm³/mol. The van der Waals surface area contributed by atoms with Gasteiger partial charge in [-0.15, -0.1) is 20.5 Å². The second-order valence-electron chi connectivity index (χ2n) is 16.0. The van der Waals surface area contributed by atoms with Gasteiger partial charge in [-0.1, -0.05) is 59.4 Å². The van der Waals surface area contributed by atoms with Crippen LogP contribution in [0.15, 0.2) is 97.2 Å². The van der Waals surface area contributed by atoms with Gasteiger partial charge in [0.2, 0.25) is 5.88 Å². The van der Waals surface area contributed by atoms with Crippen LogP contribution in [0.3, 0.4) is 0 Å². The molecule has 20 nitrogen and oxygen atoms in total. The van der Waals surface area contributed by atoms with E-state index in [1.807, 2.05) is 33.8 Å². The molecule has 1 heterocycles. The highest BCUT2D eigenvalue weighted by Crippen LogP contribution is 2.36. The first kappa shape index (κ1) is 55.9. The van der Waals surface area contributed by atoms with Crippen molar-refractivity contribution < 1.29 is 52.8 Å². The summed E-state index contributed by atoms with van der Waals surface area (Å²) in [5.74, 6) is -6.28. The Balaban J connectivity index is 1.81. The highest BCUT2D eigenvalue weighted by molar-refractivity contribution is 6.05. The molecule has 1 aromatic heterocycles. The topological polar surface area (TPSA) is 291 Å². The Hall–Kier alpha value is -8.65. The largest absolute Gasteiger partial charge is 0.493 e. The lowest BCUT2D eigenvalue weighted by molar-refractivity contribution is -0.113. The van der Waals surface area contributed by atoms with Crippen LogP contribution in [0.2, 0.25) is 0 Å². The minimum absolute atomic E-state index is 0.0106. The number of aldehydes is 1. The van der Waals surface area contributed by atoms with E-state index in [4.69, 9.17) is 18.9 Å². The average molecular weight is 985 g/mol. The van der Waals surface area contributed by atoms with Crippen molar-refractivity contribution in [3.63, 3.8) is 0 Å². The summed E-state index contributed by atoms with van der Waals surface area (Å²) in [5, 5.41) is 50.9. The molecular formula is C52H56N8O12. The van der Waals surface area contributed by atoms with Crippen LogP contribution in [0.25, 0.3) is 5.69 Å². The molecule has 72 heavy (non-hydrogen) atoms. The Morgan fingerprint density at radius 2 is 1.22 bits per heavy atom. The highest BCUT2D eigenvalue weighted by Gasteiger charge is 2.25. The first-order valence-corrected chi connectivity index (χ1v) is 23.4. The highest BCUT2D eigenvalue weighted by atomic mass is 16.5. The molecule has 0 aliphatic heterocycles. The van der Waals surface area contributed by atoms with Gasteiger partial charge < -0.3 is 34.2 Å². The number of carbonyl (C=O) groups is 6. The van der Waals surface area contributed by atoms with Crippen molar-refractivity contribution in [1.82, 2.24) is 4.57 Å². The van der Waals surface area contributed by atoms with Gasteiger partial charge in [0, 0.05) is 11.3 Å². The SMILES string of the molecule is CCCCOC(=O)c1ccc(C(=O)OCCCC)c(N=N/C(C(=O)Nc2cccc(-n3c(O)c(N=Nc4cc(C(=O)OCCCC)ccc4C(=O)OCCCC)c(C)c(C#N)c3=O)c2)=C(\C)C(C#N)C=O)c1. The third-order valence-corrected chi connectivity index (χ3v) is 10.7. The summed E-state index contributed by atoms with van der Waals surface area (Å²) in [5.41, 5.74) is -3.19. The van der Waals surface area contributed by atoms with Gasteiger partial charge in [-0.25, -0.2) is 23.7 Å². The number of unbranched alkanes of at least 4 members (excludes halogenated alkanes) is 4. The van der Waals surface area contributed by atoms with E-state index < -0.39 is 58.4 Å². The molecular weight excluding hydrogens is 929 g/mol. The molecule has 0 aliphatic rings. The maximum atomic E-state index is 14.1. The summed E-state index contributed by atoms with van der Waals surface area (Å²) in [6, 6.07) is 16.8. The fraction of sp³-hybridized carbons (Fsp3) is 0.365. The number of nitriles is 2. The van der Waals surface area contributed by atoms with Gasteiger partial charge in [-0.2, -0.15) is 10.5 Å². The second kappa shape index (κ2) is 28.1. The number of benzene rings is 3. The molecule has 376 valence electrons. The van der Waals surface area contributed by atoms with Crippen LogP contribution >= 0.6 is 0 Å². The van der Waals surface area contributed by atoms with Crippen LogP contribution in [-0.4, -0.2) is 72.2 Å². The van der Waals surface area contributed by atoms with E-state index in [0.29, 0.717) is 25.7 Å². The van der Waals surface area contributed by atoms with Crippen molar-refractivity contribution in [2.45, 2.75) is 92.9 Å².